The third-order valence-corrected chi connectivity index (χ3v) is 3.94. The molecule has 1 N–H and O–H groups in total. The van der Waals surface area contributed by atoms with E-state index in [9.17, 15) is 0 Å². The minimum atomic E-state index is 0.310. The van der Waals surface area contributed by atoms with E-state index >= 15 is 0 Å². The standard InChI is InChI=1S/C17H23N3O/c1-4-21-14-7-5-13(6-8-14)16-9-10-18-17-11-15(12(2)3)19-20(16)17/h5-8,11-12,16,18H,4,9-10H2,1-3H3. The number of anilines is 1. The molecule has 3 rings (SSSR count). The Bertz CT molecular complexity index is 601. The summed E-state index contributed by atoms with van der Waals surface area (Å²) in [4.78, 5) is 0. The maximum Gasteiger partial charge on any atom is 0.125 e. The third kappa shape index (κ3) is 2.75. The molecular formula is C17H23N3O. The fourth-order valence-electron chi connectivity index (χ4n) is 2.79. The summed E-state index contributed by atoms with van der Waals surface area (Å²) < 4.78 is 7.65. The Morgan fingerprint density at radius 2 is 2.10 bits per heavy atom. The lowest BCUT2D eigenvalue weighted by Crippen LogP contribution is -2.24. The van der Waals surface area contributed by atoms with Gasteiger partial charge in [0.25, 0.3) is 0 Å². The predicted octanol–water partition coefficient (Wildman–Crippen LogP) is 3.81. The summed E-state index contributed by atoms with van der Waals surface area (Å²) in [7, 11) is 0. The Balaban J connectivity index is 1.90. The number of aromatic nitrogens is 2. The molecule has 0 amide bonds. The van der Waals surface area contributed by atoms with Crippen molar-refractivity contribution >= 4 is 5.82 Å². The molecule has 1 unspecified atom stereocenters. The van der Waals surface area contributed by atoms with E-state index in [1.165, 1.54) is 5.56 Å². The summed E-state index contributed by atoms with van der Waals surface area (Å²) in [6.07, 6.45) is 1.06. The van der Waals surface area contributed by atoms with Crippen LogP contribution >= 0.6 is 0 Å². The second kappa shape index (κ2) is 5.80. The number of benzene rings is 1. The maximum absolute atomic E-state index is 5.52. The summed E-state index contributed by atoms with van der Waals surface area (Å²) in [6, 6.07) is 10.9. The molecule has 0 spiro atoms. The molecule has 1 aliphatic heterocycles. The molecular weight excluding hydrogens is 262 g/mol. The summed E-state index contributed by atoms with van der Waals surface area (Å²) in [6.45, 7) is 8.06. The van der Waals surface area contributed by atoms with Crippen LogP contribution in [0.15, 0.2) is 30.3 Å². The Hall–Kier alpha value is -1.97. The molecule has 112 valence electrons. The lowest BCUT2D eigenvalue weighted by molar-refractivity contribution is 0.340. The lowest BCUT2D eigenvalue weighted by atomic mass is 10.0. The molecule has 0 saturated heterocycles. The first kappa shape index (κ1) is 14.0. The molecule has 21 heavy (non-hydrogen) atoms. The highest BCUT2D eigenvalue weighted by molar-refractivity contribution is 5.42. The highest BCUT2D eigenvalue weighted by Crippen LogP contribution is 2.32. The van der Waals surface area contributed by atoms with Crippen molar-refractivity contribution in [2.45, 2.75) is 39.2 Å². The SMILES string of the molecule is CCOc1ccc(C2CCNc3cc(C(C)C)nn32)cc1. The van der Waals surface area contributed by atoms with E-state index in [-0.39, 0.29) is 0 Å². The van der Waals surface area contributed by atoms with Gasteiger partial charge in [-0.1, -0.05) is 26.0 Å². The molecule has 2 aromatic rings. The van der Waals surface area contributed by atoms with Crippen LogP contribution in [-0.2, 0) is 0 Å². The number of fused-ring (bicyclic) bond motifs is 1. The number of rotatable bonds is 4. The Morgan fingerprint density at radius 1 is 1.33 bits per heavy atom. The van der Waals surface area contributed by atoms with E-state index in [1.54, 1.807) is 0 Å². The van der Waals surface area contributed by atoms with Gasteiger partial charge in [-0.05, 0) is 37.0 Å². The van der Waals surface area contributed by atoms with Crippen LogP contribution in [0.5, 0.6) is 5.75 Å². The van der Waals surface area contributed by atoms with Crippen molar-refractivity contribution in [1.29, 1.82) is 0 Å². The second-order valence-corrected chi connectivity index (χ2v) is 5.79. The van der Waals surface area contributed by atoms with Gasteiger partial charge in [-0.3, -0.25) is 0 Å². The quantitative estimate of drug-likeness (QED) is 0.928. The number of nitrogens with zero attached hydrogens (tertiary/aromatic N) is 2. The summed E-state index contributed by atoms with van der Waals surface area (Å²) in [5.41, 5.74) is 2.44. The van der Waals surface area contributed by atoms with E-state index in [4.69, 9.17) is 9.84 Å². The molecule has 0 radical (unpaired) electrons. The van der Waals surface area contributed by atoms with Crippen LogP contribution in [0.3, 0.4) is 0 Å². The van der Waals surface area contributed by atoms with Crippen molar-refractivity contribution < 1.29 is 4.74 Å². The lowest BCUT2D eigenvalue weighted by Gasteiger charge is -2.26. The van der Waals surface area contributed by atoms with Crippen LogP contribution in [0.25, 0.3) is 0 Å². The average Bonchev–Trinajstić information content (AvgIpc) is 2.93. The molecule has 1 aromatic carbocycles. The Morgan fingerprint density at radius 3 is 2.76 bits per heavy atom. The van der Waals surface area contributed by atoms with Gasteiger partial charge in [-0.2, -0.15) is 5.10 Å². The highest BCUT2D eigenvalue weighted by Gasteiger charge is 2.23. The average molecular weight is 285 g/mol. The summed E-state index contributed by atoms with van der Waals surface area (Å²) in [5, 5.41) is 8.23. The molecule has 0 bridgehead atoms. The fourth-order valence-corrected chi connectivity index (χ4v) is 2.79. The van der Waals surface area contributed by atoms with Crippen molar-refractivity contribution in [2.24, 2.45) is 0 Å². The largest absolute Gasteiger partial charge is 0.494 e. The van der Waals surface area contributed by atoms with Crippen molar-refractivity contribution in [3.8, 4) is 5.75 Å². The minimum Gasteiger partial charge on any atom is -0.494 e. The van der Waals surface area contributed by atoms with Crippen molar-refractivity contribution in [3.05, 3.63) is 41.6 Å². The normalized spacial score (nSPS) is 17.4. The molecule has 4 nitrogen and oxygen atoms in total. The number of hydrogen-bond donors (Lipinski definition) is 1. The van der Waals surface area contributed by atoms with Gasteiger partial charge in [0.2, 0.25) is 0 Å². The van der Waals surface area contributed by atoms with Crippen LogP contribution < -0.4 is 10.1 Å². The molecule has 2 heterocycles. The van der Waals surface area contributed by atoms with Crippen LogP contribution in [0.1, 0.15) is 50.4 Å². The van der Waals surface area contributed by atoms with Gasteiger partial charge in [0.1, 0.15) is 11.6 Å². The number of nitrogens with one attached hydrogen (secondary N) is 1. The molecule has 0 fully saturated rings. The Kier molecular flexibility index (Phi) is 3.86. The van der Waals surface area contributed by atoms with E-state index < -0.39 is 0 Å². The topological polar surface area (TPSA) is 39.1 Å². The molecule has 1 aliphatic rings. The molecule has 0 saturated carbocycles. The second-order valence-electron chi connectivity index (χ2n) is 5.79. The van der Waals surface area contributed by atoms with E-state index in [0.29, 0.717) is 18.6 Å². The number of ether oxygens (including phenoxy) is 1. The molecule has 1 aromatic heterocycles. The minimum absolute atomic E-state index is 0.310. The van der Waals surface area contributed by atoms with Gasteiger partial charge in [0.05, 0.1) is 18.3 Å². The van der Waals surface area contributed by atoms with Crippen LogP contribution in [-0.4, -0.2) is 22.9 Å². The van der Waals surface area contributed by atoms with E-state index in [1.807, 2.05) is 19.1 Å². The molecule has 0 aliphatic carbocycles. The van der Waals surface area contributed by atoms with Crippen molar-refractivity contribution in [3.63, 3.8) is 0 Å². The van der Waals surface area contributed by atoms with Crippen LogP contribution in [0.2, 0.25) is 0 Å². The first-order chi connectivity index (χ1) is 10.2. The number of hydrogen-bond acceptors (Lipinski definition) is 3. The zero-order valence-corrected chi connectivity index (χ0v) is 13.0. The van der Waals surface area contributed by atoms with Crippen LogP contribution in [0.4, 0.5) is 5.82 Å². The van der Waals surface area contributed by atoms with E-state index in [0.717, 1.165) is 30.2 Å². The Labute approximate surface area is 126 Å². The summed E-state index contributed by atoms with van der Waals surface area (Å²) in [5.74, 6) is 2.51. The van der Waals surface area contributed by atoms with Gasteiger partial charge in [-0.25, -0.2) is 4.68 Å². The van der Waals surface area contributed by atoms with Crippen molar-refractivity contribution in [2.75, 3.05) is 18.5 Å². The fraction of sp³-hybridized carbons (Fsp3) is 0.471. The van der Waals surface area contributed by atoms with Gasteiger partial charge < -0.3 is 10.1 Å². The van der Waals surface area contributed by atoms with Gasteiger partial charge in [0, 0.05) is 12.6 Å². The zero-order valence-electron chi connectivity index (χ0n) is 13.0. The van der Waals surface area contributed by atoms with Crippen molar-refractivity contribution in [1.82, 2.24) is 9.78 Å². The van der Waals surface area contributed by atoms with Gasteiger partial charge in [0.15, 0.2) is 0 Å². The monoisotopic (exact) mass is 285 g/mol. The highest BCUT2D eigenvalue weighted by atomic mass is 16.5. The smallest absolute Gasteiger partial charge is 0.125 e. The van der Waals surface area contributed by atoms with Gasteiger partial charge >= 0.3 is 0 Å². The summed E-state index contributed by atoms with van der Waals surface area (Å²) >= 11 is 0. The van der Waals surface area contributed by atoms with Gasteiger partial charge in [-0.15, -0.1) is 0 Å². The first-order valence-electron chi connectivity index (χ1n) is 7.75. The molecule has 1 atom stereocenters. The van der Waals surface area contributed by atoms with E-state index in [2.05, 4.69) is 42.0 Å². The third-order valence-electron chi connectivity index (χ3n) is 3.94. The van der Waals surface area contributed by atoms with Crippen LogP contribution in [0, 0.1) is 0 Å². The zero-order chi connectivity index (χ0) is 14.8. The molecule has 4 heteroatoms. The first-order valence-corrected chi connectivity index (χ1v) is 7.75. The maximum atomic E-state index is 5.52. The predicted molar refractivity (Wildman–Crippen MR) is 85.2 cm³/mol.